The van der Waals surface area contributed by atoms with Crippen molar-refractivity contribution in [1.29, 1.82) is 0 Å². The summed E-state index contributed by atoms with van der Waals surface area (Å²) in [7, 11) is 0. The van der Waals surface area contributed by atoms with Gasteiger partial charge in [-0.3, -0.25) is 0 Å². The number of hydrogen-bond acceptors (Lipinski definition) is 2. The highest BCUT2D eigenvalue weighted by Gasteiger charge is 2.20. The van der Waals surface area contributed by atoms with Gasteiger partial charge in [0.25, 0.3) is 0 Å². The number of benzene rings is 1. The second kappa shape index (κ2) is 9.01. The van der Waals surface area contributed by atoms with E-state index in [-0.39, 0.29) is 6.10 Å². The molecule has 0 heterocycles. The molecule has 1 aliphatic rings. The van der Waals surface area contributed by atoms with Crippen molar-refractivity contribution in [3.63, 3.8) is 0 Å². The standard InChI is InChI=1S/C19H28O2/c20-18(15-14-16-8-3-1-4-9-16)12-7-13-19(21)17-10-5-2-6-11-17/h1,3-4,7-9,12,17-21H,2,5-6,10-11,13-15H2/b12-7-/t18-,19-/m1/s1. The lowest BCUT2D eigenvalue weighted by molar-refractivity contribution is 0.0870. The second-order valence-electron chi connectivity index (χ2n) is 6.22. The van der Waals surface area contributed by atoms with Gasteiger partial charge in [0.15, 0.2) is 0 Å². The predicted octanol–water partition coefficient (Wildman–Crippen LogP) is 3.87. The lowest BCUT2D eigenvalue weighted by Crippen LogP contribution is -2.22. The average molecular weight is 288 g/mol. The van der Waals surface area contributed by atoms with E-state index in [1.165, 1.54) is 24.8 Å². The van der Waals surface area contributed by atoms with Gasteiger partial charge in [0.1, 0.15) is 0 Å². The number of aryl methyl sites for hydroxylation is 1. The van der Waals surface area contributed by atoms with Crippen LogP contribution in [0.2, 0.25) is 0 Å². The molecule has 0 saturated heterocycles. The first-order valence-corrected chi connectivity index (χ1v) is 8.32. The minimum Gasteiger partial charge on any atom is -0.393 e. The lowest BCUT2D eigenvalue weighted by atomic mass is 9.84. The summed E-state index contributed by atoms with van der Waals surface area (Å²) in [5.41, 5.74) is 1.26. The summed E-state index contributed by atoms with van der Waals surface area (Å²) in [5, 5.41) is 20.1. The van der Waals surface area contributed by atoms with E-state index in [9.17, 15) is 10.2 Å². The largest absolute Gasteiger partial charge is 0.393 e. The molecule has 1 aliphatic carbocycles. The Kier molecular flexibility index (Phi) is 6.98. The average Bonchev–Trinajstić information content (AvgIpc) is 2.54. The molecule has 2 N–H and O–H groups in total. The number of aliphatic hydroxyl groups is 2. The van der Waals surface area contributed by atoms with Gasteiger partial charge >= 0.3 is 0 Å². The molecular weight excluding hydrogens is 260 g/mol. The van der Waals surface area contributed by atoms with E-state index < -0.39 is 6.10 Å². The third-order valence-electron chi connectivity index (χ3n) is 4.50. The van der Waals surface area contributed by atoms with Gasteiger partial charge in [-0.05, 0) is 43.6 Å². The third-order valence-corrected chi connectivity index (χ3v) is 4.50. The van der Waals surface area contributed by atoms with Crippen molar-refractivity contribution in [2.45, 2.75) is 63.6 Å². The Morgan fingerprint density at radius 3 is 2.48 bits per heavy atom. The molecule has 0 aromatic heterocycles. The maximum absolute atomic E-state index is 10.2. The number of hydrogen-bond donors (Lipinski definition) is 2. The molecule has 0 amide bonds. The molecule has 116 valence electrons. The normalized spacial score (nSPS) is 19.7. The van der Waals surface area contributed by atoms with Crippen molar-refractivity contribution in [2.24, 2.45) is 5.92 Å². The van der Waals surface area contributed by atoms with E-state index in [4.69, 9.17) is 0 Å². The Hall–Kier alpha value is -1.12. The molecular formula is C19H28O2. The highest BCUT2D eigenvalue weighted by molar-refractivity contribution is 5.15. The maximum Gasteiger partial charge on any atom is 0.0724 e. The van der Waals surface area contributed by atoms with Gasteiger partial charge in [-0.1, -0.05) is 61.7 Å². The van der Waals surface area contributed by atoms with Gasteiger partial charge in [0.2, 0.25) is 0 Å². The minimum atomic E-state index is -0.413. The summed E-state index contributed by atoms with van der Waals surface area (Å²) in [4.78, 5) is 0. The quantitative estimate of drug-likeness (QED) is 0.748. The molecule has 1 aromatic carbocycles. The fourth-order valence-corrected chi connectivity index (χ4v) is 3.14. The Balaban J connectivity index is 1.65. The van der Waals surface area contributed by atoms with E-state index >= 15 is 0 Å². The molecule has 2 atom stereocenters. The summed E-state index contributed by atoms with van der Waals surface area (Å²) in [6.07, 6.45) is 11.6. The molecule has 0 aliphatic heterocycles. The maximum atomic E-state index is 10.2. The van der Waals surface area contributed by atoms with E-state index in [0.29, 0.717) is 12.3 Å². The fourth-order valence-electron chi connectivity index (χ4n) is 3.14. The van der Waals surface area contributed by atoms with Crippen LogP contribution in [0.5, 0.6) is 0 Å². The van der Waals surface area contributed by atoms with Crippen LogP contribution in [0.15, 0.2) is 42.5 Å². The zero-order valence-electron chi connectivity index (χ0n) is 12.8. The molecule has 1 aromatic rings. The third kappa shape index (κ3) is 6.03. The summed E-state index contributed by atoms with van der Waals surface area (Å²) in [6.45, 7) is 0. The molecule has 2 rings (SSSR count). The van der Waals surface area contributed by atoms with Crippen LogP contribution < -0.4 is 0 Å². The van der Waals surface area contributed by atoms with E-state index in [1.807, 2.05) is 30.4 Å². The zero-order chi connectivity index (χ0) is 14.9. The molecule has 0 spiro atoms. The lowest BCUT2D eigenvalue weighted by Gasteiger charge is -2.25. The van der Waals surface area contributed by atoms with Crippen molar-refractivity contribution < 1.29 is 10.2 Å². The monoisotopic (exact) mass is 288 g/mol. The topological polar surface area (TPSA) is 40.5 Å². The highest BCUT2D eigenvalue weighted by atomic mass is 16.3. The Morgan fingerprint density at radius 1 is 1.05 bits per heavy atom. The molecule has 1 fully saturated rings. The predicted molar refractivity (Wildman–Crippen MR) is 87.1 cm³/mol. The Bertz CT molecular complexity index is 407. The van der Waals surface area contributed by atoms with E-state index in [0.717, 1.165) is 25.7 Å². The van der Waals surface area contributed by atoms with Crippen molar-refractivity contribution in [3.8, 4) is 0 Å². The van der Waals surface area contributed by atoms with Crippen LogP contribution in [0.4, 0.5) is 0 Å². The number of rotatable bonds is 7. The van der Waals surface area contributed by atoms with Gasteiger partial charge in [0.05, 0.1) is 12.2 Å². The summed E-state index contributed by atoms with van der Waals surface area (Å²) < 4.78 is 0. The second-order valence-corrected chi connectivity index (χ2v) is 6.22. The van der Waals surface area contributed by atoms with Crippen LogP contribution in [-0.4, -0.2) is 22.4 Å². The first-order valence-electron chi connectivity index (χ1n) is 8.32. The fraction of sp³-hybridized carbons (Fsp3) is 0.579. The Morgan fingerprint density at radius 2 is 1.76 bits per heavy atom. The molecule has 0 unspecified atom stereocenters. The van der Waals surface area contributed by atoms with Crippen LogP contribution >= 0.6 is 0 Å². The van der Waals surface area contributed by atoms with Crippen molar-refractivity contribution in [2.75, 3.05) is 0 Å². The van der Waals surface area contributed by atoms with Crippen LogP contribution in [0, 0.1) is 5.92 Å². The van der Waals surface area contributed by atoms with Gasteiger partial charge in [-0.15, -0.1) is 0 Å². The number of aliphatic hydroxyl groups excluding tert-OH is 2. The first-order chi connectivity index (χ1) is 10.3. The van der Waals surface area contributed by atoms with Gasteiger partial charge < -0.3 is 10.2 Å². The molecule has 0 radical (unpaired) electrons. The molecule has 21 heavy (non-hydrogen) atoms. The highest BCUT2D eigenvalue weighted by Crippen LogP contribution is 2.27. The summed E-state index contributed by atoms with van der Waals surface area (Å²) >= 11 is 0. The van der Waals surface area contributed by atoms with E-state index in [1.54, 1.807) is 0 Å². The van der Waals surface area contributed by atoms with Crippen LogP contribution in [0.25, 0.3) is 0 Å². The van der Waals surface area contributed by atoms with Crippen LogP contribution in [0.3, 0.4) is 0 Å². The SMILES string of the molecule is O[C@H](/C=C\C[C@@H](O)C1CCCCC1)CCc1ccccc1. The van der Waals surface area contributed by atoms with Crippen molar-refractivity contribution in [1.82, 2.24) is 0 Å². The molecule has 2 nitrogen and oxygen atoms in total. The summed E-state index contributed by atoms with van der Waals surface area (Å²) in [5.74, 6) is 0.463. The van der Waals surface area contributed by atoms with Crippen molar-refractivity contribution >= 4 is 0 Å². The molecule has 2 heteroatoms. The molecule has 1 saturated carbocycles. The zero-order valence-corrected chi connectivity index (χ0v) is 12.8. The minimum absolute atomic E-state index is 0.233. The molecule has 0 bridgehead atoms. The summed E-state index contributed by atoms with van der Waals surface area (Å²) in [6, 6.07) is 10.2. The van der Waals surface area contributed by atoms with Crippen molar-refractivity contribution in [3.05, 3.63) is 48.0 Å². The Labute approximate surface area is 128 Å². The van der Waals surface area contributed by atoms with Gasteiger partial charge in [0, 0.05) is 0 Å². The van der Waals surface area contributed by atoms with Gasteiger partial charge in [-0.25, -0.2) is 0 Å². The smallest absolute Gasteiger partial charge is 0.0724 e. The van der Waals surface area contributed by atoms with Crippen LogP contribution in [-0.2, 0) is 6.42 Å². The van der Waals surface area contributed by atoms with Gasteiger partial charge in [-0.2, -0.15) is 0 Å². The first kappa shape index (κ1) is 16.3. The van der Waals surface area contributed by atoms with E-state index in [2.05, 4.69) is 12.1 Å². The van der Waals surface area contributed by atoms with Crippen LogP contribution in [0.1, 0.15) is 50.5 Å².